The molecule has 2 aromatic heterocycles. The van der Waals surface area contributed by atoms with Gasteiger partial charge < -0.3 is 8.98 Å². The van der Waals surface area contributed by atoms with Crippen LogP contribution in [0.4, 0.5) is 0 Å². The van der Waals surface area contributed by atoms with Crippen LogP contribution in [0.15, 0.2) is 223 Å². The van der Waals surface area contributed by atoms with Gasteiger partial charge in [0.05, 0.1) is 0 Å². The normalized spacial score (nSPS) is 11.7. The Labute approximate surface area is 353 Å². The van der Waals surface area contributed by atoms with Crippen molar-refractivity contribution in [2.75, 3.05) is 0 Å². The SMILES string of the molecule is O=P(c1ccccc1)(c1ccccc1)c1ccc(-c2cc3c(oc4cccc(-c5cccc(-c6nc(-c7ccccc7)nc(-c7ccccc7)n6)c5)c43)c3ccccc23)cc1. The fourth-order valence-corrected chi connectivity index (χ4v) is 11.1. The van der Waals surface area contributed by atoms with E-state index >= 15 is 4.57 Å². The Balaban J connectivity index is 1.06. The highest BCUT2D eigenvalue weighted by atomic mass is 31.2. The average molecular weight is 802 g/mol. The second kappa shape index (κ2) is 15.1. The molecule has 0 spiro atoms. The smallest absolute Gasteiger partial charge is 0.171 e. The molecule has 0 aliphatic carbocycles. The molecular formula is C55H36N3O2P. The molecule has 0 aliphatic heterocycles. The van der Waals surface area contributed by atoms with Gasteiger partial charge >= 0.3 is 0 Å². The summed E-state index contributed by atoms with van der Waals surface area (Å²) in [7, 11) is -3.13. The molecule has 6 heteroatoms. The molecule has 0 radical (unpaired) electrons. The standard InChI is InChI=1S/C55H36N3O2P/c59-61(42-23-9-3-10-24-42,43-25-11-4-12-26-43)44-33-31-37(32-34-44)48-36-49-51-45(29-16-30-50(51)60-52(49)47-28-14-13-27-46(47)48)40-21-15-22-41(35-40)55-57-53(38-17-5-1-6-18-38)56-54(58-55)39-19-7-2-8-20-39/h1-36H. The van der Waals surface area contributed by atoms with Crippen molar-refractivity contribution in [2.45, 2.75) is 0 Å². The van der Waals surface area contributed by atoms with Crippen molar-refractivity contribution >= 4 is 55.8 Å². The van der Waals surface area contributed by atoms with Crippen LogP contribution < -0.4 is 15.9 Å². The molecule has 0 fully saturated rings. The van der Waals surface area contributed by atoms with Gasteiger partial charge in [0.1, 0.15) is 11.2 Å². The molecule has 0 saturated carbocycles. The van der Waals surface area contributed by atoms with E-state index in [0.717, 1.165) is 87.6 Å². The van der Waals surface area contributed by atoms with Crippen molar-refractivity contribution < 1.29 is 8.98 Å². The number of benzene rings is 9. The molecule has 0 saturated heterocycles. The Morgan fingerprint density at radius 1 is 0.344 bits per heavy atom. The highest BCUT2D eigenvalue weighted by Crippen LogP contribution is 2.45. The van der Waals surface area contributed by atoms with Crippen LogP contribution in [-0.2, 0) is 4.57 Å². The van der Waals surface area contributed by atoms with E-state index in [1.54, 1.807) is 0 Å². The number of nitrogens with zero attached hydrogens (tertiary/aromatic N) is 3. The van der Waals surface area contributed by atoms with Crippen LogP contribution in [0.5, 0.6) is 0 Å². The first-order valence-corrected chi connectivity index (χ1v) is 22.0. The second-order valence-corrected chi connectivity index (χ2v) is 17.8. The monoisotopic (exact) mass is 801 g/mol. The van der Waals surface area contributed by atoms with Crippen LogP contribution in [0.1, 0.15) is 0 Å². The number of hydrogen-bond acceptors (Lipinski definition) is 5. The van der Waals surface area contributed by atoms with Gasteiger partial charge in [0.15, 0.2) is 24.6 Å². The fraction of sp³-hybridized carbons (Fsp3) is 0. The highest BCUT2D eigenvalue weighted by molar-refractivity contribution is 7.85. The third-order valence-corrected chi connectivity index (χ3v) is 14.5. The number of rotatable bonds is 8. The summed E-state index contributed by atoms with van der Waals surface area (Å²) in [5, 5.41) is 6.57. The molecule has 0 atom stereocenters. The minimum Gasteiger partial charge on any atom is -0.455 e. The van der Waals surface area contributed by atoms with E-state index in [-0.39, 0.29) is 0 Å². The molecule has 5 nitrogen and oxygen atoms in total. The number of hydrogen-bond donors (Lipinski definition) is 0. The summed E-state index contributed by atoms with van der Waals surface area (Å²) >= 11 is 0. The van der Waals surface area contributed by atoms with E-state index in [1.807, 2.05) is 140 Å². The van der Waals surface area contributed by atoms with Crippen LogP contribution in [0.25, 0.3) is 89.1 Å². The predicted octanol–water partition coefficient (Wildman–Crippen LogP) is 12.9. The molecule has 61 heavy (non-hydrogen) atoms. The Bertz CT molecular complexity index is 3320. The lowest BCUT2D eigenvalue weighted by molar-refractivity contribution is 0.592. The van der Waals surface area contributed by atoms with Crippen molar-refractivity contribution in [1.29, 1.82) is 0 Å². The quantitative estimate of drug-likeness (QED) is 0.143. The molecule has 11 rings (SSSR count). The topological polar surface area (TPSA) is 68.9 Å². The summed E-state index contributed by atoms with van der Waals surface area (Å²) in [6, 6.07) is 73.3. The van der Waals surface area contributed by atoms with Crippen molar-refractivity contribution in [1.82, 2.24) is 15.0 Å². The first-order valence-electron chi connectivity index (χ1n) is 20.3. The Kier molecular flexibility index (Phi) is 9.03. The number of aromatic nitrogens is 3. The zero-order chi connectivity index (χ0) is 40.8. The molecule has 0 aliphatic rings. The minimum absolute atomic E-state index is 0.597. The number of fused-ring (bicyclic) bond motifs is 5. The van der Waals surface area contributed by atoms with E-state index in [4.69, 9.17) is 19.4 Å². The molecule has 0 bridgehead atoms. The van der Waals surface area contributed by atoms with Crippen molar-refractivity contribution in [3.8, 4) is 56.4 Å². The lowest BCUT2D eigenvalue weighted by Gasteiger charge is -2.20. The maximum Gasteiger partial charge on any atom is 0.171 e. The van der Waals surface area contributed by atoms with E-state index in [2.05, 4.69) is 78.9 Å². The van der Waals surface area contributed by atoms with Gasteiger partial charge in [-0.1, -0.05) is 200 Å². The van der Waals surface area contributed by atoms with Crippen LogP contribution in [0.2, 0.25) is 0 Å². The van der Waals surface area contributed by atoms with E-state index in [1.165, 1.54) is 0 Å². The van der Waals surface area contributed by atoms with Crippen molar-refractivity contribution in [3.05, 3.63) is 218 Å². The van der Waals surface area contributed by atoms with E-state index in [0.29, 0.717) is 17.5 Å². The molecule has 288 valence electrons. The van der Waals surface area contributed by atoms with E-state index < -0.39 is 7.14 Å². The maximum absolute atomic E-state index is 15.2. The Morgan fingerprint density at radius 2 is 0.820 bits per heavy atom. The highest BCUT2D eigenvalue weighted by Gasteiger charge is 2.29. The Hall–Kier alpha value is -7.72. The van der Waals surface area contributed by atoms with Gasteiger partial charge in [-0.05, 0) is 45.8 Å². The van der Waals surface area contributed by atoms with Gasteiger partial charge in [-0.15, -0.1) is 0 Å². The summed E-state index contributed by atoms with van der Waals surface area (Å²) in [4.78, 5) is 14.9. The third kappa shape index (κ3) is 6.44. The summed E-state index contributed by atoms with van der Waals surface area (Å²) in [6.07, 6.45) is 0. The van der Waals surface area contributed by atoms with Gasteiger partial charge in [-0.2, -0.15) is 0 Å². The fourth-order valence-electron chi connectivity index (χ4n) is 8.47. The first-order chi connectivity index (χ1) is 30.1. The minimum atomic E-state index is -3.13. The van der Waals surface area contributed by atoms with Gasteiger partial charge in [-0.3, -0.25) is 0 Å². The summed E-state index contributed by atoms with van der Waals surface area (Å²) < 4.78 is 21.9. The predicted molar refractivity (Wildman–Crippen MR) is 251 cm³/mol. The molecule has 9 aromatic carbocycles. The van der Waals surface area contributed by atoms with E-state index in [9.17, 15) is 0 Å². The first kappa shape index (κ1) is 36.4. The van der Waals surface area contributed by atoms with Gasteiger partial charge in [-0.25, -0.2) is 15.0 Å². The van der Waals surface area contributed by atoms with Crippen LogP contribution in [-0.4, -0.2) is 15.0 Å². The Morgan fingerprint density at radius 3 is 1.43 bits per heavy atom. The molecule has 0 unspecified atom stereocenters. The lowest BCUT2D eigenvalue weighted by atomic mass is 9.93. The lowest BCUT2D eigenvalue weighted by Crippen LogP contribution is -2.24. The molecular weight excluding hydrogens is 766 g/mol. The zero-order valence-electron chi connectivity index (χ0n) is 32.9. The maximum atomic E-state index is 15.2. The van der Waals surface area contributed by atoms with Crippen LogP contribution in [0, 0.1) is 0 Å². The van der Waals surface area contributed by atoms with Gasteiger partial charge in [0.25, 0.3) is 0 Å². The summed E-state index contributed by atoms with van der Waals surface area (Å²) in [5.74, 6) is 1.83. The molecule has 0 amide bonds. The van der Waals surface area contributed by atoms with Crippen LogP contribution in [0.3, 0.4) is 0 Å². The average Bonchev–Trinajstić information content (AvgIpc) is 3.74. The van der Waals surface area contributed by atoms with Gasteiger partial charge in [0.2, 0.25) is 0 Å². The summed E-state index contributed by atoms with van der Waals surface area (Å²) in [5.41, 5.74) is 8.54. The summed E-state index contributed by atoms with van der Waals surface area (Å²) in [6.45, 7) is 0. The number of furan rings is 1. The zero-order valence-corrected chi connectivity index (χ0v) is 33.8. The molecule has 2 heterocycles. The third-order valence-electron chi connectivity index (χ3n) is 11.4. The molecule has 0 N–H and O–H groups in total. The second-order valence-electron chi connectivity index (χ2n) is 15.1. The van der Waals surface area contributed by atoms with Crippen molar-refractivity contribution in [2.24, 2.45) is 0 Å². The van der Waals surface area contributed by atoms with Gasteiger partial charge in [0, 0.05) is 48.8 Å². The largest absolute Gasteiger partial charge is 0.455 e. The van der Waals surface area contributed by atoms with Crippen LogP contribution >= 0.6 is 7.14 Å². The molecule has 11 aromatic rings. The van der Waals surface area contributed by atoms with Crippen molar-refractivity contribution in [3.63, 3.8) is 0 Å².